The van der Waals surface area contributed by atoms with Gasteiger partial charge in [-0.15, -0.1) is 15.3 Å². The predicted octanol–water partition coefficient (Wildman–Crippen LogP) is -0.0277. The summed E-state index contributed by atoms with van der Waals surface area (Å²) in [4.78, 5) is 0. The molecule has 0 aliphatic heterocycles. The van der Waals surface area contributed by atoms with Gasteiger partial charge in [-0.25, -0.2) is 5.84 Å². The van der Waals surface area contributed by atoms with Crippen LogP contribution in [0.5, 0.6) is 0 Å². The van der Waals surface area contributed by atoms with E-state index in [4.69, 9.17) is 5.84 Å². The smallest absolute Gasteiger partial charge is 0.178 e. The summed E-state index contributed by atoms with van der Waals surface area (Å²) in [7, 11) is 0. The lowest BCUT2D eigenvalue weighted by Crippen LogP contribution is -2.10. The number of aromatic nitrogens is 4. The van der Waals surface area contributed by atoms with E-state index in [1.165, 1.54) is 0 Å². The van der Waals surface area contributed by atoms with E-state index in [9.17, 15) is 0 Å². The van der Waals surface area contributed by atoms with Crippen LogP contribution in [0.1, 0.15) is 12.7 Å². The van der Waals surface area contributed by atoms with Crippen molar-refractivity contribution >= 4 is 11.5 Å². The molecule has 3 N–H and O–H groups in total. The molecule has 0 saturated heterocycles. The standard InChI is InChI=1S/C7H10N6/c1-2-6-10-11-7-4-3-5(9-8)12-13(6)7/h3-4H,2,8H2,1H3,(H,9,12). The first-order valence-corrected chi connectivity index (χ1v) is 4.03. The van der Waals surface area contributed by atoms with Crippen molar-refractivity contribution in [2.24, 2.45) is 5.84 Å². The average molecular weight is 178 g/mol. The van der Waals surface area contributed by atoms with Crippen LogP contribution in [-0.4, -0.2) is 19.8 Å². The van der Waals surface area contributed by atoms with E-state index in [2.05, 4.69) is 20.7 Å². The second-order valence-corrected chi connectivity index (χ2v) is 2.60. The number of hydrazine groups is 1. The highest BCUT2D eigenvalue weighted by Gasteiger charge is 2.04. The zero-order valence-corrected chi connectivity index (χ0v) is 7.23. The molecule has 0 saturated carbocycles. The molecule has 0 radical (unpaired) electrons. The molecule has 6 nitrogen and oxygen atoms in total. The molecule has 0 atom stereocenters. The summed E-state index contributed by atoms with van der Waals surface area (Å²) in [6, 6.07) is 3.57. The minimum absolute atomic E-state index is 0.599. The van der Waals surface area contributed by atoms with Gasteiger partial charge in [0, 0.05) is 6.42 Å². The summed E-state index contributed by atoms with van der Waals surface area (Å²) in [6.45, 7) is 2.00. The summed E-state index contributed by atoms with van der Waals surface area (Å²) in [6.07, 6.45) is 0.794. The first-order valence-electron chi connectivity index (χ1n) is 4.03. The number of rotatable bonds is 2. The third-order valence-electron chi connectivity index (χ3n) is 1.79. The fourth-order valence-corrected chi connectivity index (χ4v) is 1.13. The van der Waals surface area contributed by atoms with Crippen molar-refractivity contribution in [3.05, 3.63) is 18.0 Å². The Morgan fingerprint density at radius 2 is 2.31 bits per heavy atom. The maximum Gasteiger partial charge on any atom is 0.178 e. The van der Waals surface area contributed by atoms with E-state index >= 15 is 0 Å². The minimum Gasteiger partial charge on any atom is -0.307 e. The van der Waals surface area contributed by atoms with Gasteiger partial charge >= 0.3 is 0 Å². The minimum atomic E-state index is 0.599. The number of hydrogen-bond donors (Lipinski definition) is 2. The molecule has 0 aliphatic carbocycles. The van der Waals surface area contributed by atoms with Gasteiger partial charge in [0.2, 0.25) is 0 Å². The summed E-state index contributed by atoms with van der Waals surface area (Å²) >= 11 is 0. The molecular formula is C7H10N6. The first-order chi connectivity index (χ1) is 6.35. The Morgan fingerprint density at radius 3 is 3.00 bits per heavy atom. The van der Waals surface area contributed by atoms with Gasteiger partial charge in [0.15, 0.2) is 17.3 Å². The lowest BCUT2D eigenvalue weighted by Gasteiger charge is -1.99. The molecule has 2 aromatic heterocycles. The topological polar surface area (TPSA) is 81.1 Å². The highest BCUT2D eigenvalue weighted by Crippen LogP contribution is 2.05. The van der Waals surface area contributed by atoms with Crippen LogP contribution in [0.2, 0.25) is 0 Å². The van der Waals surface area contributed by atoms with Crippen LogP contribution in [-0.2, 0) is 6.42 Å². The highest BCUT2D eigenvalue weighted by molar-refractivity contribution is 5.43. The molecule has 0 aromatic carbocycles. The summed E-state index contributed by atoms with van der Waals surface area (Å²) in [5, 5.41) is 12.1. The summed E-state index contributed by atoms with van der Waals surface area (Å²) in [5.41, 5.74) is 3.20. The highest BCUT2D eigenvalue weighted by atomic mass is 15.4. The van der Waals surface area contributed by atoms with Crippen molar-refractivity contribution in [3.63, 3.8) is 0 Å². The van der Waals surface area contributed by atoms with Gasteiger partial charge in [0.05, 0.1) is 0 Å². The number of nitrogens with one attached hydrogen (secondary N) is 1. The Labute approximate surface area is 74.7 Å². The molecule has 0 fully saturated rings. The van der Waals surface area contributed by atoms with Crippen LogP contribution >= 0.6 is 0 Å². The van der Waals surface area contributed by atoms with Gasteiger partial charge in [-0.05, 0) is 12.1 Å². The van der Waals surface area contributed by atoms with Gasteiger partial charge in [0.1, 0.15) is 0 Å². The van der Waals surface area contributed by atoms with Crippen LogP contribution in [0, 0.1) is 0 Å². The van der Waals surface area contributed by atoms with Gasteiger partial charge in [0.25, 0.3) is 0 Å². The van der Waals surface area contributed by atoms with E-state index in [0.29, 0.717) is 5.82 Å². The SMILES string of the molecule is CCc1nnc2ccc(NN)nn12. The molecule has 0 spiro atoms. The number of aryl methyl sites for hydroxylation is 1. The molecule has 6 heteroatoms. The maximum absolute atomic E-state index is 5.23. The predicted molar refractivity (Wildman–Crippen MR) is 48.0 cm³/mol. The van der Waals surface area contributed by atoms with Crippen molar-refractivity contribution in [3.8, 4) is 0 Å². The van der Waals surface area contributed by atoms with Crippen LogP contribution < -0.4 is 11.3 Å². The number of nitrogens with zero attached hydrogens (tertiary/aromatic N) is 4. The van der Waals surface area contributed by atoms with E-state index in [1.54, 1.807) is 10.6 Å². The van der Waals surface area contributed by atoms with Crippen molar-refractivity contribution in [2.45, 2.75) is 13.3 Å². The molecule has 2 heterocycles. The molecule has 0 aliphatic rings. The molecule has 2 rings (SSSR count). The molecule has 68 valence electrons. The van der Waals surface area contributed by atoms with E-state index in [1.807, 2.05) is 13.0 Å². The fraction of sp³-hybridized carbons (Fsp3) is 0.286. The molecular weight excluding hydrogens is 168 g/mol. The summed E-state index contributed by atoms with van der Waals surface area (Å²) in [5.74, 6) is 6.66. The molecule has 2 aromatic rings. The Hall–Kier alpha value is -1.69. The zero-order chi connectivity index (χ0) is 9.26. The Kier molecular flexibility index (Phi) is 1.82. The van der Waals surface area contributed by atoms with Gasteiger partial charge < -0.3 is 5.43 Å². The normalized spacial score (nSPS) is 10.6. The van der Waals surface area contributed by atoms with Crippen molar-refractivity contribution in [1.29, 1.82) is 0 Å². The summed E-state index contributed by atoms with van der Waals surface area (Å²) < 4.78 is 1.68. The maximum atomic E-state index is 5.23. The largest absolute Gasteiger partial charge is 0.307 e. The lowest BCUT2D eigenvalue weighted by molar-refractivity contribution is 0.824. The first kappa shape index (κ1) is 7.93. The Morgan fingerprint density at radius 1 is 1.46 bits per heavy atom. The lowest BCUT2D eigenvalue weighted by atomic mass is 10.4. The fourth-order valence-electron chi connectivity index (χ4n) is 1.13. The van der Waals surface area contributed by atoms with Crippen molar-refractivity contribution in [1.82, 2.24) is 19.8 Å². The second-order valence-electron chi connectivity index (χ2n) is 2.60. The second kappa shape index (κ2) is 2.98. The third-order valence-corrected chi connectivity index (χ3v) is 1.79. The zero-order valence-electron chi connectivity index (χ0n) is 7.23. The third kappa shape index (κ3) is 1.20. The number of nitrogens with two attached hydrogens (primary N) is 1. The Bertz CT molecular complexity index is 420. The number of fused-ring (bicyclic) bond motifs is 1. The van der Waals surface area contributed by atoms with Gasteiger partial charge in [-0.3, -0.25) is 0 Å². The molecule has 0 bridgehead atoms. The number of hydrogen-bond acceptors (Lipinski definition) is 5. The van der Waals surface area contributed by atoms with Crippen molar-refractivity contribution < 1.29 is 0 Å². The van der Waals surface area contributed by atoms with Crippen LogP contribution in [0.15, 0.2) is 12.1 Å². The number of nitrogen functional groups attached to an aromatic ring is 1. The van der Waals surface area contributed by atoms with Gasteiger partial charge in [-0.1, -0.05) is 6.92 Å². The average Bonchev–Trinajstić information content (AvgIpc) is 2.59. The molecule has 0 amide bonds. The van der Waals surface area contributed by atoms with Gasteiger partial charge in [-0.2, -0.15) is 4.52 Å². The van der Waals surface area contributed by atoms with Crippen LogP contribution in [0.3, 0.4) is 0 Å². The van der Waals surface area contributed by atoms with E-state index < -0.39 is 0 Å². The van der Waals surface area contributed by atoms with Crippen LogP contribution in [0.25, 0.3) is 5.65 Å². The number of anilines is 1. The molecule has 13 heavy (non-hydrogen) atoms. The Balaban J connectivity index is 2.64. The van der Waals surface area contributed by atoms with Crippen LogP contribution in [0.4, 0.5) is 5.82 Å². The quantitative estimate of drug-likeness (QED) is 0.498. The monoisotopic (exact) mass is 178 g/mol. The van der Waals surface area contributed by atoms with E-state index in [0.717, 1.165) is 17.9 Å². The molecule has 0 unspecified atom stereocenters. The van der Waals surface area contributed by atoms with Crippen molar-refractivity contribution in [2.75, 3.05) is 5.43 Å². The van der Waals surface area contributed by atoms with E-state index in [-0.39, 0.29) is 0 Å².